The Labute approximate surface area is 143 Å². The highest BCUT2D eigenvalue weighted by atomic mass is 16.5. The number of benzene rings is 1. The van der Waals surface area contributed by atoms with Crippen LogP contribution >= 0.6 is 0 Å². The fourth-order valence-corrected chi connectivity index (χ4v) is 4.41. The fourth-order valence-electron chi connectivity index (χ4n) is 4.41. The summed E-state index contributed by atoms with van der Waals surface area (Å²) in [6, 6.07) is 8.07. The number of ether oxygens (including phenoxy) is 2. The van der Waals surface area contributed by atoms with E-state index in [2.05, 4.69) is 5.32 Å². The van der Waals surface area contributed by atoms with Crippen LogP contribution in [0.4, 0.5) is 4.79 Å². The Bertz CT molecular complexity index is 588. The summed E-state index contributed by atoms with van der Waals surface area (Å²) in [6.45, 7) is 5.03. The van der Waals surface area contributed by atoms with Gasteiger partial charge in [-0.15, -0.1) is 0 Å². The molecule has 2 bridgehead atoms. The minimum absolute atomic E-state index is 0.0692. The first kappa shape index (κ1) is 15.8. The zero-order valence-electron chi connectivity index (χ0n) is 14.2. The van der Waals surface area contributed by atoms with E-state index in [0.29, 0.717) is 37.2 Å². The molecule has 3 aliphatic heterocycles. The number of aryl methyl sites for hydroxylation is 1. The number of nitrogens with zero attached hydrogens (tertiary/aromatic N) is 1. The predicted molar refractivity (Wildman–Crippen MR) is 91.1 cm³/mol. The fraction of sp³-hybridized carbons (Fsp3) is 0.632. The first-order chi connectivity index (χ1) is 11.7. The van der Waals surface area contributed by atoms with Crippen molar-refractivity contribution >= 4 is 6.03 Å². The van der Waals surface area contributed by atoms with Crippen LogP contribution in [0.1, 0.15) is 24.8 Å². The smallest absolute Gasteiger partial charge is 0.317 e. The lowest BCUT2D eigenvalue weighted by Crippen LogP contribution is -2.40. The zero-order chi connectivity index (χ0) is 16.5. The molecule has 5 nitrogen and oxygen atoms in total. The summed E-state index contributed by atoms with van der Waals surface area (Å²) in [5, 5.41) is 3.03. The third kappa shape index (κ3) is 2.97. The number of hydrogen-bond donors (Lipinski definition) is 1. The number of urea groups is 1. The van der Waals surface area contributed by atoms with Crippen LogP contribution < -0.4 is 10.1 Å². The highest BCUT2D eigenvalue weighted by Crippen LogP contribution is 2.47. The number of amides is 2. The molecule has 0 aliphatic carbocycles. The normalized spacial score (nSPS) is 30.5. The van der Waals surface area contributed by atoms with Gasteiger partial charge < -0.3 is 19.7 Å². The van der Waals surface area contributed by atoms with Crippen LogP contribution in [-0.2, 0) is 4.74 Å². The Balaban J connectivity index is 1.16. The molecule has 1 aromatic carbocycles. The Kier molecular flexibility index (Phi) is 4.35. The lowest BCUT2D eigenvalue weighted by Gasteiger charge is -2.19. The first-order valence-corrected chi connectivity index (χ1v) is 9.09. The van der Waals surface area contributed by atoms with Crippen molar-refractivity contribution in [3.63, 3.8) is 0 Å². The van der Waals surface area contributed by atoms with Gasteiger partial charge in [0.2, 0.25) is 0 Å². The number of para-hydroxylation sites is 1. The number of likely N-dealkylation sites (tertiary alicyclic amines) is 1. The van der Waals surface area contributed by atoms with Crippen molar-refractivity contribution < 1.29 is 14.3 Å². The monoisotopic (exact) mass is 330 g/mol. The van der Waals surface area contributed by atoms with Gasteiger partial charge in [-0.1, -0.05) is 18.2 Å². The van der Waals surface area contributed by atoms with Crippen molar-refractivity contribution in [3.8, 4) is 5.75 Å². The molecule has 0 aromatic heterocycles. The molecule has 4 rings (SSSR count). The third-order valence-corrected chi connectivity index (χ3v) is 5.69. The van der Waals surface area contributed by atoms with E-state index in [1.165, 1.54) is 12.8 Å². The zero-order valence-corrected chi connectivity index (χ0v) is 14.2. The van der Waals surface area contributed by atoms with Crippen molar-refractivity contribution in [2.24, 2.45) is 11.8 Å². The van der Waals surface area contributed by atoms with Crippen LogP contribution in [0.15, 0.2) is 24.3 Å². The molecule has 2 amide bonds. The second-order valence-corrected chi connectivity index (χ2v) is 7.22. The van der Waals surface area contributed by atoms with Gasteiger partial charge in [-0.25, -0.2) is 4.79 Å². The number of rotatable bonds is 5. The van der Waals surface area contributed by atoms with Gasteiger partial charge in [0.25, 0.3) is 0 Å². The molecule has 4 atom stereocenters. The summed E-state index contributed by atoms with van der Waals surface area (Å²) < 4.78 is 11.7. The van der Waals surface area contributed by atoms with Crippen LogP contribution in [0.25, 0.3) is 0 Å². The Hall–Kier alpha value is -1.75. The molecule has 0 radical (unpaired) electrons. The second kappa shape index (κ2) is 6.63. The van der Waals surface area contributed by atoms with Crippen LogP contribution in [0.5, 0.6) is 5.75 Å². The van der Waals surface area contributed by atoms with Crippen molar-refractivity contribution in [1.82, 2.24) is 10.2 Å². The molecular weight excluding hydrogens is 304 g/mol. The first-order valence-electron chi connectivity index (χ1n) is 9.09. The number of carbonyl (C=O) groups is 1. The van der Waals surface area contributed by atoms with Crippen molar-refractivity contribution in [2.75, 3.05) is 26.2 Å². The molecule has 3 aliphatic rings. The summed E-state index contributed by atoms with van der Waals surface area (Å²) in [5.74, 6) is 2.06. The Morgan fingerprint density at radius 2 is 1.96 bits per heavy atom. The maximum absolute atomic E-state index is 12.3. The van der Waals surface area contributed by atoms with Gasteiger partial charge in [0.05, 0.1) is 18.8 Å². The maximum atomic E-state index is 12.3. The van der Waals surface area contributed by atoms with Crippen molar-refractivity contribution in [3.05, 3.63) is 29.8 Å². The summed E-state index contributed by atoms with van der Waals surface area (Å²) >= 11 is 0. The second-order valence-electron chi connectivity index (χ2n) is 7.22. The van der Waals surface area contributed by atoms with E-state index in [1.807, 2.05) is 36.1 Å². The number of carbonyl (C=O) groups excluding carboxylic acids is 1. The molecule has 4 unspecified atom stereocenters. The molecule has 130 valence electrons. The van der Waals surface area contributed by atoms with E-state index in [0.717, 1.165) is 30.8 Å². The summed E-state index contributed by atoms with van der Waals surface area (Å²) in [6.07, 6.45) is 3.98. The Morgan fingerprint density at radius 1 is 1.25 bits per heavy atom. The molecule has 24 heavy (non-hydrogen) atoms. The standard InChI is InChI=1S/C19H26N2O3/c1-13-5-2-3-6-16(13)23-10-4-9-20-19(22)21-11-14-15(12-21)18-8-7-17(14)24-18/h2-3,5-6,14-15,17-18H,4,7-12H2,1H3,(H,20,22). The van der Waals surface area contributed by atoms with Gasteiger partial charge in [0, 0.05) is 31.5 Å². The SMILES string of the molecule is Cc1ccccc1OCCCNC(=O)N1CC2C3CCC(O3)C2C1. The van der Waals surface area contributed by atoms with E-state index in [-0.39, 0.29) is 6.03 Å². The highest BCUT2D eigenvalue weighted by Gasteiger charge is 2.53. The van der Waals surface area contributed by atoms with E-state index in [9.17, 15) is 4.79 Å². The molecule has 1 N–H and O–H groups in total. The van der Waals surface area contributed by atoms with Crippen LogP contribution in [0.3, 0.4) is 0 Å². The molecular formula is C19H26N2O3. The van der Waals surface area contributed by atoms with Crippen LogP contribution in [0, 0.1) is 18.8 Å². The van der Waals surface area contributed by atoms with Gasteiger partial charge in [-0.3, -0.25) is 0 Å². The minimum atomic E-state index is 0.0692. The average Bonchev–Trinajstić information content (AvgIpc) is 3.28. The lowest BCUT2D eigenvalue weighted by atomic mass is 9.82. The summed E-state index contributed by atoms with van der Waals surface area (Å²) in [7, 11) is 0. The van der Waals surface area contributed by atoms with Crippen LogP contribution in [0.2, 0.25) is 0 Å². The summed E-state index contributed by atoms with van der Waals surface area (Å²) in [4.78, 5) is 14.3. The van der Waals surface area contributed by atoms with Crippen molar-refractivity contribution in [1.29, 1.82) is 0 Å². The predicted octanol–water partition coefficient (Wildman–Crippen LogP) is 2.58. The van der Waals surface area contributed by atoms with E-state index < -0.39 is 0 Å². The topological polar surface area (TPSA) is 50.8 Å². The number of fused-ring (bicyclic) bond motifs is 5. The third-order valence-electron chi connectivity index (χ3n) is 5.69. The van der Waals surface area contributed by atoms with Crippen LogP contribution in [-0.4, -0.2) is 49.4 Å². The van der Waals surface area contributed by atoms with E-state index in [1.54, 1.807) is 0 Å². The lowest BCUT2D eigenvalue weighted by molar-refractivity contribution is 0.0739. The summed E-state index contributed by atoms with van der Waals surface area (Å²) in [5.41, 5.74) is 1.14. The van der Waals surface area contributed by atoms with Gasteiger partial charge in [-0.05, 0) is 37.8 Å². The minimum Gasteiger partial charge on any atom is -0.493 e. The van der Waals surface area contributed by atoms with Gasteiger partial charge in [0.15, 0.2) is 0 Å². The maximum Gasteiger partial charge on any atom is 0.317 e. The van der Waals surface area contributed by atoms with E-state index in [4.69, 9.17) is 9.47 Å². The number of hydrogen-bond acceptors (Lipinski definition) is 3. The van der Waals surface area contributed by atoms with Gasteiger partial charge in [0.1, 0.15) is 5.75 Å². The molecule has 3 heterocycles. The molecule has 0 spiro atoms. The van der Waals surface area contributed by atoms with Gasteiger partial charge in [-0.2, -0.15) is 0 Å². The highest BCUT2D eigenvalue weighted by molar-refractivity contribution is 5.74. The van der Waals surface area contributed by atoms with E-state index >= 15 is 0 Å². The van der Waals surface area contributed by atoms with Crippen molar-refractivity contribution in [2.45, 2.75) is 38.4 Å². The molecule has 3 fully saturated rings. The number of nitrogens with one attached hydrogen (secondary N) is 1. The Morgan fingerprint density at radius 3 is 2.67 bits per heavy atom. The quantitative estimate of drug-likeness (QED) is 0.844. The largest absolute Gasteiger partial charge is 0.493 e. The molecule has 3 saturated heterocycles. The average molecular weight is 330 g/mol. The molecule has 5 heteroatoms. The molecule has 1 aromatic rings. The van der Waals surface area contributed by atoms with Gasteiger partial charge >= 0.3 is 6.03 Å². The molecule has 0 saturated carbocycles.